The molecule has 1 aromatic carbocycles. The fraction of sp³-hybridized carbons (Fsp3) is 0.375. The topological polar surface area (TPSA) is 59.2 Å². The molecule has 106 valence electrons. The summed E-state index contributed by atoms with van der Waals surface area (Å²) in [7, 11) is 0. The lowest BCUT2D eigenvalue weighted by Gasteiger charge is -2.08. The summed E-state index contributed by atoms with van der Waals surface area (Å²) in [6.07, 6.45) is 1.65. The first-order valence-electron chi connectivity index (χ1n) is 6.91. The van der Waals surface area contributed by atoms with Gasteiger partial charge in [-0.05, 0) is 38.5 Å². The average molecular weight is 273 g/mol. The number of fused-ring (bicyclic) bond motifs is 1. The summed E-state index contributed by atoms with van der Waals surface area (Å²) in [6, 6.07) is 5.05. The van der Waals surface area contributed by atoms with E-state index in [0.717, 1.165) is 29.6 Å². The van der Waals surface area contributed by atoms with Crippen LogP contribution in [-0.2, 0) is 11.2 Å². The fourth-order valence-corrected chi connectivity index (χ4v) is 2.34. The molecule has 0 atom stereocenters. The molecule has 0 aliphatic carbocycles. The second-order valence-electron chi connectivity index (χ2n) is 4.79. The molecule has 0 fully saturated rings. The maximum atomic E-state index is 12.5. The Kier molecular flexibility index (Phi) is 4.23. The Morgan fingerprint density at radius 2 is 2.05 bits per heavy atom. The quantitative estimate of drug-likeness (QED) is 0.871. The lowest BCUT2D eigenvalue weighted by Crippen LogP contribution is -2.14. The number of hydrogen-bond acceptors (Lipinski definition) is 3. The van der Waals surface area contributed by atoms with Gasteiger partial charge in [-0.25, -0.2) is 4.79 Å². The van der Waals surface area contributed by atoms with Gasteiger partial charge < -0.3 is 9.72 Å². The van der Waals surface area contributed by atoms with Crippen molar-refractivity contribution in [1.82, 2.24) is 4.98 Å². The van der Waals surface area contributed by atoms with Crippen molar-refractivity contribution < 1.29 is 9.53 Å². The summed E-state index contributed by atoms with van der Waals surface area (Å²) < 4.78 is 4.97. The van der Waals surface area contributed by atoms with Crippen molar-refractivity contribution in [3.8, 4) is 0 Å². The zero-order chi connectivity index (χ0) is 14.7. The summed E-state index contributed by atoms with van der Waals surface area (Å²) in [4.78, 5) is 27.5. The Labute approximate surface area is 117 Å². The van der Waals surface area contributed by atoms with E-state index in [0.29, 0.717) is 17.6 Å². The normalized spacial score (nSPS) is 10.8. The number of rotatable bonds is 4. The Bertz CT molecular complexity index is 701. The van der Waals surface area contributed by atoms with Crippen LogP contribution in [-0.4, -0.2) is 17.6 Å². The minimum Gasteiger partial charge on any atom is -0.462 e. The number of aromatic nitrogens is 1. The second kappa shape index (κ2) is 5.90. The van der Waals surface area contributed by atoms with Gasteiger partial charge in [-0.1, -0.05) is 13.3 Å². The largest absolute Gasteiger partial charge is 0.462 e. The van der Waals surface area contributed by atoms with Crippen molar-refractivity contribution in [3.05, 3.63) is 45.2 Å². The van der Waals surface area contributed by atoms with Gasteiger partial charge in [-0.15, -0.1) is 0 Å². The van der Waals surface area contributed by atoms with Crippen LogP contribution in [0.4, 0.5) is 0 Å². The standard InChI is InChI=1S/C16H19NO3/c1-4-6-12-10(3)17-14-8-7-11(16(19)20-5-2)9-13(14)15(12)18/h7-9H,4-6H2,1-3H3,(H,17,18). The van der Waals surface area contributed by atoms with E-state index in [-0.39, 0.29) is 5.43 Å². The van der Waals surface area contributed by atoms with Crippen LogP contribution in [0.3, 0.4) is 0 Å². The van der Waals surface area contributed by atoms with Gasteiger partial charge in [0.15, 0.2) is 5.43 Å². The maximum Gasteiger partial charge on any atom is 0.338 e. The highest BCUT2D eigenvalue weighted by atomic mass is 16.5. The third kappa shape index (κ3) is 2.59. The van der Waals surface area contributed by atoms with Gasteiger partial charge in [0.25, 0.3) is 0 Å². The van der Waals surface area contributed by atoms with Gasteiger partial charge in [-0.2, -0.15) is 0 Å². The summed E-state index contributed by atoms with van der Waals surface area (Å²) in [5.74, 6) is -0.397. The van der Waals surface area contributed by atoms with E-state index in [1.165, 1.54) is 0 Å². The number of aromatic amines is 1. The molecule has 0 aliphatic rings. The number of carbonyl (C=O) groups is 1. The summed E-state index contributed by atoms with van der Waals surface area (Å²) in [5, 5.41) is 0.546. The number of aryl methyl sites for hydroxylation is 1. The predicted octanol–water partition coefficient (Wildman–Crippen LogP) is 2.97. The molecule has 0 saturated heterocycles. The minimum absolute atomic E-state index is 0.00393. The monoisotopic (exact) mass is 273 g/mol. The molecule has 0 bridgehead atoms. The summed E-state index contributed by atoms with van der Waals surface area (Å²) in [6.45, 7) is 6.03. The fourth-order valence-electron chi connectivity index (χ4n) is 2.34. The van der Waals surface area contributed by atoms with E-state index >= 15 is 0 Å². The Hall–Kier alpha value is -2.10. The molecule has 4 heteroatoms. The van der Waals surface area contributed by atoms with Crippen LogP contribution in [0, 0.1) is 6.92 Å². The number of pyridine rings is 1. The number of carbonyl (C=O) groups excluding carboxylic acids is 1. The molecule has 1 heterocycles. The zero-order valence-corrected chi connectivity index (χ0v) is 12.1. The first-order chi connectivity index (χ1) is 9.58. The van der Waals surface area contributed by atoms with Crippen molar-refractivity contribution in [2.45, 2.75) is 33.6 Å². The van der Waals surface area contributed by atoms with Gasteiger partial charge in [0.2, 0.25) is 0 Å². The molecule has 1 aromatic heterocycles. The molecule has 0 unspecified atom stereocenters. The number of hydrogen-bond donors (Lipinski definition) is 1. The molecule has 0 saturated carbocycles. The summed E-state index contributed by atoms with van der Waals surface area (Å²) >= 11 is 0. The molecular formula is C16H19NO3. The zero-order valence-electron chi connectivity index (χ0n) is 12.1. The molecule has 0 aliphatic heterocycles. The van der Waals surface area contributed by atoms with Crippen LogP contribution >= 0.6 is 0 Å². The Morgan fingerprint density at radius 3 is 2.70 bits per heavy atom. The second-order valence-corrected chi connectivity index (χ2v) is 4.79. The lowest BCUT2D eigenvalue weighted by atomic mass is 10.0. The third-order valence-electron chi connectivity index (χ3n) is 3.32. The molecule has 1 N–H and O–H groups in total. The average Bonchev–Trinajstić information content (AvgIpc) is 2.43. The first kappa shape index (κ1) is 14.3. The van der Waals surface area contributed by atoms with Crippen molar-refractivity contribution >= 4 is 16.9 Å². The SMILES string of the molecule is CCCc1c(C)[nH]c2ccc(C(=O)OCC)cc2c1=O. The molecule has 2 aromatic rings. The number of esters is 1. The van der Waals surface area contributed by atoms with Gasteiger partial charge in [0, 0.05) is 22.2 Å². The molecule has 0 spiro atoms. The van der Waals surface area contributed by atoms with Crippen molar-refractivity contribution in [2.24, 2.45) is 0 Å². The molecule has 0 amide bonds. The Balaban J connectivity index is 2.61. The van der Waals surface area contributed by atoms with Crippen LogP contribution in [0.25, 0.3) is 10.9 Å². The van der Waals surface area contributed by atoms with Crippen molar-refractivity contribution in [3.63, 3.8) is 0 Å². The third-order valence-corrected chi connectivity index (χ3v) is 3.32. The Morgan fingerprint density at radius 1 is 1.30 bits per heavy atom. The molecule has 20 heavy (non-hydrogen) atoms. The number of H-pyrrole nitrogens is 1. The van der Waals surface area contributed by atoms with Gasteiger partial charge >= 0.3 is 5.97 Å². The van der Waals surface area contributed by atoms with Crippen molar-refractivity contribution in [2.75, 3.05) is 6.61 Å². The van der Waals surface area contributed by atoms with E-state index in [1.807, 2.05) is 13.8 Å². The van der Waals surface area contributed by atoms with E-state index in [2.05, 4.69) is 4.98 Å². The van der Waals surface area contributed by atoms with Crippen LogP contribution in [0.1, 0.15) is 41.9 Å². The smallest absolute Gasteiger partial charge is 0.338 e. The van der Waals surface area contributed by atoms with Crippen LogP contribution in [0.15, 0.2) is 23.0 Å². The minimum atomic E-state index is -0.397. The van der Waals surface area contributed by atoms with Crippen LogP contribution < -0.4 is 5.43 Å². The van der Waals surface area contributed by atoms with Crippen LogP contribution in [0.5, 0.6) is 0 Å². The molecular weight excluding hydrogens is 254 g/mol. The first-order valence-corrected chi connectivity index (χ1v) is 6.91. The highest BCUT2D eigenvalue weighted by Gasteiger charge is 2.12. The highest BCUT2D eigenvalue weighted by Crippen LogP contribution is 2.15. The summed E-state index contributed by atoms with van der Waals surface area (Å²) in [5.41, 5.74) is 2.86. The van der Waals surface area contributed by atoms with Gasteiger partial charge in [0.1, 0.15) is 0 Å². The number of ether oxygens (including phenoxy) is 1. The van der Waals surface area contributed by atoms with E-state index in [4.69, 9.17) is 4.74 Å². The number of benzene rings is 1. The predicted molar refractivity (Wildman–Crippen MR) is 79.3 cm³/mol. The molecule has 2 rings (SSSR count). The maximum absolute atomic E-state index is 12.5. The van der Waals surface area contributed by atoms with E-state index in [1.54, 1.807) is 25.1 Å². The molecule has 4 nitrogen and oxygen atoms in total. The highest BCUT2D eigenvalue weighted by molar-refractivity contribution is 5.94. The van der Waals surface area contributed by atoms with E-state index < -0.39 is 5.97 Å². The van der Waals surface area contributed by atoms with Gasteiger partial charge in [0.05, 0.1) is 12.2 Å². The lowest BCUT2D eigenvalue weighted by molar-refractivity contribution is 0.0526. The van der Waals surface area contributed by atoms with E-state index in [9.17, 15) is 9.59 Å². The van der Waals surface area contributed by atoms with Crippen molar-refractivity contribution in [1.29, 1.82) is 0 Å². The number of nitrogens with one attached hydrogen (secondary N) is 1. The van der Waals surface area contributed by atoms with Crippen LogP contribution in [0.2, 0.25) is 0 Å². The molecule has 0 radical (unpaired) electrons. The van der Waals surface area contributed by atoms with Gasteiger partial charge in [-0.3, -0.25) is 4.79 Å².